The minimum atomic E-state index is 0.515. The van der Waals surface area contributed by atoms with Crippen molar-refractivity contribution in [1.82, 2.24) is 10.1 Å². The second-order valence-corrected chi connectivity index (χ2v) is 4.50. The maximum Gasteiger partial charge on any atom is 0.266 e. The van der Waals surface area contributed by atoms with Crippen LogP contribution < -0.4 is 10.6 Å². The monoisotopic (exact) mass is 244 g/mol. The van der Waals surface area contributed by atoms with Gasteiger partial charge in [-0.1, -0.05) is 12.1 Å². The summed E-state index contributed by atoms with van der Waals surface area (Å²) in [5.41, 5.74) is 7.62. The second-order valence-electron chi connectivity index (χ2n) is 4.50. The lowest BCUT2D eigenvalue weighted by Crippen LogP contribution is -2.18. The Morgan fingerprint density at radius 1 is 1.28 bits per heavy atom. The summed E-state index contributed by atoms with van der Waals surface area (Å²) in [7, 11) is 0. The first-order valence-electron chi connectivity index (χ1n) is 6.25. The summed E-state index contributed by atoms with van der Waals surface area (Å²) in [5, 5.41) is 4.04. The van der Waals surface area contributed by atoms with Gasteiger partial charge in [-0.15, -0.1) is 0 Å². The van der Waals surface area contributed by atoms with E-state index in [1.807, 2.05) is 24.3 Å². The first kappa shape index (κ1) is 11.2. The van der Waals surface area contributed by atoms with Gasteiger partial charge in [-0.3, -0.25) is 0 Å². The van der Waals surface area contributed by atoms with Crippen molar-refractivity contribution in [2.45, 2.75) is 19.4 Å². The molecule has 2 N–H and O–H groups in total. The molecule has 0 amide bonds. The predicted molar refractivity (Wildman–Crippen MR) is 69.1 cm³/mol. The SMILES string of the molecule is NCc1cccc(-c2nc(N3CCCC3)no2)c1. The van der Waals surface area contributed by atoms with Crippen molar-refractivity contribution in [3.05, 3.63) is 29.8 Å². The first-order chi connectivity index (χ1) is 8.86. The number of rotatable bonds is 3. The third-order valence-corrected chi connectivity index (χ3v) is 3.21. The van der Waals surface area contributed by atoms with Crippen molar-refractivity contribution < 1.29 is 4.52 Å². The summed E-state index contributed by atoms with van der Waals surface area (Å²) in [5.74, 6) is 1.26. The number of hydrogen-bond acceptors (Lipinski definition) is 5. The van der Waals surface area contributed by atoms with E-state index in [1.165, 1.54) is 12.8 Å². The van der Waals surface area contributed by atoms with Crippen LogP contribution in [0.5, 0.6) is 0 Å². The van der Waals surface area contributed by atoms with Crippen molar-refractivity contribution in [1.29, 1.82) is 0 Å². The summed E-state index contributed by atoms with van der Waals surface area (Å²) in [6.45, 7) is 2.55. The minimum Gasteiger partial charge on any atom is -0.338 e. The van der Waals surface area contributed by atoms with E-state index in [1.54, 1.807) is 0 Å². The summed E-state index contributed by atoms with van der Waals surface area (Å²) in [4.78, 5) is 6.60. The first-order valence-corrected chi connectivity index (χ1v) is 6.25. The Bertz CT molecular complexity index is 531. The molecule has 3 rings (SSSR count). The average molecular weight is 244 g/mol. The Hall–Kier alpha value is -1.88. The normalized spacial score (nSPS) is 15.3. The molecule has 1 fully saturated rings. The summed E-state index contributed by atoms with van der Waals surface area (Å²) in [6, 6.07) is 7.89. The van der Waals surface area contributed by atoms with E-state index < -0.39 is 0 Å². The van der Waals surface area contributed by atoms with Gasteiger partial charge in [-0.25, -0.2) is 0 Å². The van der Waals surface area contributed by atoms with Crippen molar-refractivity contribution in [2.75, 3.05) is 18.0 Å². The fourth-order valence-electron chi connectivity index (χ4n) is 2.21. The lowest BCUT2D eigenvalue weighted by atomic mass is 10.1. The Labute approximate surface area is 106 Å². The number of nitrogens with zero attached hydrogens (tertiary/aromatic N) is 3. The predicted octanol–water partition coefficient (Wildman–Crippen LogP) is 1.80. The van der Waals surface area contributed by atoms with Gasteiger partial charge in [0, 0.05) is 25.2 Å². The Morgan fingerprint density at radius 3 is 2.89 bits per heavy atom. The highest BCUT2D eigenvalue weighted by atomic mass is 16.5. The lowest BCUT2D eigenvalue weighted by molar-refractivity contribution is 0.430. The van der Waals surface area contributed by atoms with Crippen molar-refractivity contribution >= 4 is 5.95 Å². The molecule has 94 valence electrons. The van der Waals surface area contributed by atoms with Crippen LogP contribution in [0.4, 0.5) is 5.95 Å². The standard InChI is InChI=1S/C13H16N4O/c14-9-10-4-3-5-11(8-10)12-15-13(16-18-12)17-6-1-2-7-17/h3-5,8H,1-2,6-7,9,14H2. The topological polar surface area (TPSA) is 68.2 Å². The number of benzene rings is 1. The van der Waals surface area contributed by atoms with E-state index in [9.17, 15) is 0 Å². The van der Waals surface area contributed by atoms with Gasteiger partial charge >= 0.3 is 0 Å². The van der Waals surface area contributed by atoms with Gasteiger partial charge in [-0.2, -0.15) is 4.98 Å². The molecule has 0 atom stereocenters. The quantitative estimate of drug-likeness (QED) is 0.891. The molecule has 1 saturated heterocycles. The molecule has 1 aromatic heterocycles. The molecular weight excluding hydrogens is 228 g/mol. The van der Waals surface area contributed by atoms with Crippen LogP contribution in [0, 0.1) is 0 Å². The van der Waals surface area contributed by atoms with Crippen LogP contribution in [0.3, 0.4) is 0 Å². The molecule has 18 heavy (non-hydrogen) atoms. The number of nitrogens with two attached hydrogens (primary N) is 1. The van der Waals surface area contributed by atoms with Gasteiger partial charge in [0.2, 0.25) is 0 Å². The molecule has 0 aliphatic carbocycles. The van der Waals surface area contributed by atoms with Gasteiger partial charge < -0.3 is 15.2 Å². The Morgan fingerprint density at radius 2 is 2.11 bits per heavy atom. The molecule has 5 heteroatoms. The number of anilines is 1. The number of hydrogen-bond donors (Lipinski definition) is 1. The maximum atomic E-state index is 5.63. The van der Waals surface area contributed by atoms with E-state index in [-0.39, 0.29) is 0 Å². The van der Waals surface area contributed by atoms with Crippen LogP contribution in [0.25, 0.3) is 11.5 Å². The highest BCUT2D eigenvalue weighted by molar-refractivity contribution is 5.55. The fraction of sp³-hybridized carbons (Fsp3) is 0.385. The summed E-state index contributed by atoms with van der Waals surface area (Å²) >= 11 is 0. The zero-order valence-electron chi connectivity index (χ0n) is 10.2. The molecule has 1 aliphatic rings. The zero-order valence-corrected chi connectivity index (χ0v) is 10.2. The van der Waals surface area contributed by atoms with Crippen LogP contribution in [0.15, 0.2) is 28.8 Å². The molecule has 1 aromatic carbocycles. The highest BCUT2D eigenvalue weighted by Crippen LogP contribution is 2.23. The van der Waals surface area contributed by atoms with Crippen LogP contribution in [-0.2, 0) is 6.54 Å². The van der Waals surface area contributed by atoms with E-state index >= 15 is 0 Å². The summed E-state index contributed by atoms with van der Waals surface area (Å²) < 4.78 is 5.32. The Balaban J connectivity index is 1.87. The average Bonchev–Trinajstić information content (AvgIpc) is 3.09. The van der Waals surface area contributed by atoms with E-state index in [0.29, 0.717) is 18.4 Å². The molecule has 2 aromatic rings. The van der Waals surface area contributed by atoms with Gasteiger partial charge in [0.1, 0.15) is 0 Å². The third kappa shape index (κ3) is 2.09. The molecule has 0 bridgehead atoms. The molecule has 1 aliphatic heterocycles. The third-order valence-electron chi connectivity index (χ3n) is 3.21. The van der Waals surface area contributed by atoms with Crippen LogP contribution >= 0.6 is 0 Å². The minimum absolute atomic E-state index is 0.515. The lowest BCUT2D eigenvalue weighted by Gasteiger charge is -2.09. The molecule has 0 spiro atoms. The van der Waals surface area contributed by atoms with Gasteiger partial charge in [0.25, 0.3) is 11.8 Å². The fourth-order valence-corrected chi connectivity index (χ4v) is 2.21. The van der Waals surface area contributed by atoms with E-state index in [4.69, 9.17) is 10.3 Å². The van der Waals surface area contributed by atoms with Gasteiger partial charge in [0.05, 0.1) is 0 Å². The van der Waals surface area contributed by atoms with Crippen LogP contribution in [0.2, 0.25) is 0 Å². The molecule has 2 heterocycles. The van der Waals surface area contributed by atoms with Crippen LogP contribution in [-0.4, -0.2) is 23.2 Å². The molecule has 0 radical (unpaired) electrons. The van der Waals surface area contributed by atoms with Gasteiger partial charge in [-0.05, 0) is 35.7 Å². The smallest absolute Gasteiger partial charge is 0.266 e. The van der Waals surface area contributed by atoms with E-state index in [0.717, 1.165) is 24.2 Å². The molecule has 0 unspecified atom stereocenters. The van der Waals surface area contributed by atoms with E-state index in [2.05, 4.69) is 15.0 Å². The summed E-state index contributed by atoms with van der Waals surface area (Å²) in [6.07, 6.45) is 2.40. The molecule has 0 saturated carbocycles. The second kappa shape index (κ2) is 4.78. The van der Waals surface area contributed by atoms with Crippen LogP contribution in [0.1, 0.15) is 18.4 Å². The molecule has 5 nitrogen and oxygen atoms in total. The largest absolute Gasteiger partial charge is 0.338 e. The zero-order chi connectivity index (χ0) is 12.4. The van der Waals surface area contributed by atoms with Crippen molar-refractivity contribution in [3.8, 4) is 11.5 Å². The molecular formula is C13H16N4O. The maximum absolute atomic E-state index is 5.63. The highest BCUT2D eigenvalue weighted by Gasteiger charge is 2.18. The van der Waals surface area contributed by atoms with Gasteiger partial charge in [0.15, 0.2) is 0 Å². The Kier molecular flexibility index (Phi) is 2.98. The van der Waals surface area contributed by atoms with Crippen molar-refractivity contribution in [2.24, 2.45) is 5.73 Å². The number of aromatic nitrogens is 2. The van der Waals surface area contributed by atoms with Crippen molar-refractivity contribution in [3.63, 3.8) is 0 Å².